The molecule has 0 aliphatic heterocycles. The third kappa shape index (κ3) is 2.53. The molecule has 0 spiro atoms. The number of aliphatic hydroxyl groups is 1. The van der Waals surface area contributed by atoms with Crippen LogP contribution in [0.3, 0.4) is 0 Å². The van der Waals surface area contributed by atoms with Crippen molar-refractivity contribution in [1.82, 2.24) is 10.2 Å². The van der Waals surface area contributed by atoms with Gasteiger partial charge in [0.1, 0.15) is 10.0 Å². The van der Waals surface area contributed by atoms with E-state index in [1.165, 1.54) is 0 Å². The Morgan fingerprint density at radius 2 is 2.08 bits per heavy atom. The lowest BCUT2D eigenvalue weighted by molar-refractivity contribution is 0.135. The third-order valence-electron chi connectivity index (χ3n) is 1.89. The Balaban J connectivity index is 2.52. The highest BCUT2D eigenvalue weighted by Gasteiger charge is 2.11. The van der Waals surface area contributed by atoms with Crippen molar-refractivity contribution >= 4 is 11.3 Å². The molecule has 1 rings (SSSR count). The average molecular weight is 186 g/mol. The number of nitrogens with zero attached hydrogens (tertiary/aromatic N) is 2. The molecular weight excluding hydrogens is 172 g/mol. The molecule has 68 valence electrons. The first-order chi connectivity index (χ1) is 5.59. The first-order valence-electron chi connectivity index (χ1n) is 4.06. The van der Waals surface area contributed by atoms with Crippen LogP contribution in [0.4, 0.5) is 0 Å². The van der Waals surface area contributed by atoms with Gasteiger partial charge in [0, 0.05) is 6.42 Å². The predicted molar refractivity (Wildman–Crippen MR) is 49.2 cm³/mol. The van der Waals surface area contributed by atoms with E-state index in [4.69, 9.17) is 0 Å². The number of aryl methyl sites for hydroxylation is 1. The van der Waals surface area contributed by atoms with E-state index in [2.05, 4.69) is 10.2 Å². The van der Waals surface area contributed by atoms with Crippen LogP contribution >= 0.6 is 11.3 Å². The Morgan fingerprint density at radius 3 is 2.50 bits per heavy atom. The van der Waals surface area contributed by atoms with Crippen molar-refractivity contribution in [3.63, 3.8) is 0 Å². The molecule has 0 amide bonds. The SMILES string of the molecule is Cc1nnc(CC(C)C(C)O)s1. The van der Waals surface area contributed by atoms with E-state index in [1.54, 1.807) is 18.3 Å². The van der Waals surface area contributed by atoms with Crippen LogP contribution in [0.1, 0.15) is 23.9 Å². The molecule has 1 heterocycles. The van der Waals surface area contributed by atoms with Gasteiger partial charge in [0.05, 0.1) is 6.10 Å². The molecule has 3 nitrogen and oxygen atoms in total. The molecule has 2 atom stereocenters. The van der Waals surface area contributed by atoms with E-state index >= 15 is 0 Å². The van der Waals surface area contributed by atoms with Gasteiger partial charge in [-0.1, -0.05) is 6.92 Å². The molecule has 2 unspecified atom stereocenters. The molecule has 0 aliphatic carbocycles. The van der Waals surface area contributed by atoms with Crippen LogP contribution in [0.15, 0.2) is 0 Å². The molecule has 1 N–H and O–H groups in total. The second-order valence-corrected chi connectivity index (χ2v) is 4.40. The maximum absolute atomic E-state index is 9.25. The minimum Gasteiger partial charge on any atom is -0.393 e. The molecule has 4 heteroatoms. The fraction of sp³-hybridized carbons (Fsp3) is 0.750. The van der Waals surface area contributed by atoms with Crippen LogP contribution < -0.4 is 0 Å². The van der Waals surface area contributed by atoms with Crippen molar-refractivity contribution in [2.45, 2.75) is 33.3 Å². The van der Waals surface area contributed by atoms with Crippen molar-refractivity contribution in [2.24, 2.45) is 5.92 Å². The van der Waals surface area contributed by atoms with E-state index in [-0.39, 0.29) is 12.0 Å². The van der Waals surface area contributed by atoms with Crippen LogP contribution in [0.25, 0.3) is 0 Å². The molecule has 0 radical (unpaired) electrons. The Morgan fingerprint density at radius 1 is 1.42 bits per heavy atom. The number of rotatable bonds is 3. The van der Waals surface area contributed by atoms with Crippen molar-refractivity contribution in [1.29, 1.82) is 0 Å². The van der Waals surface area contributed by atoms with Crippen LogP contribution in [0, 0.1) is 12.8 Å². The fourth-order valence-corrected chi connectivity index (χ4v) is 1.72. The molecule has 0 saturated carbocycles. The zero-order valence-corrected chi connectivity index (χ0v) is 8.43. The molecule has 0 saturated heterocycles. The van der Waals surface area contributed by atoms with Gasteiger partial charge in [0.2, 0.25) is 0 Å². The van der Waals surface area contributed by atoms with E-state index in [0.29, 0.717) is 0 Å². The largest absolute Gasteiger partial charge is 0.393 e. The van der Waals surface area contributed by atoms with Gasteiger partial charge < -0.3 is 5.11 Å². The van der Waals surface area contributed by atoms with E-state index in [9.17, 15) is 5.11 Å². The number of hydrogen-bond donors (Lipinski definition) is 1. The van der Waals surface area contributed by atoms with Crippen molar-refractivity contribution < 1.29 is 5.11 Å². The molecular formula is C8H14N2OS. The van der Waals surface area contributed by atoms with Crippen molar-refractivity contribution in [3.05, 3.63) is 10.0 Å². The highest BCUT2D eigenvalue weighted by atomic mass is 32.1. The second-order valence-electron chi connectivity index (χ2n) is 3.14. The summed E-state index contributed by atoms with van der Waals surface area (Å²) in [6, 6.07) is 0. The quantitative estimate of drug-likeness (QED) is 0.776. The van der Waals surface area contributed by atoms with Crippen molar-refractivity contribution in [3.8, 4) is 0 Å². The Labute approximate surface area is 76.5 Å². The van der Waals surface area contributed by atoms with Gasteiger partial charge in [-0.15, -0.1) is 21.5 Å². The summed E-state index contributed by atoms with van der Waals surface area (Å²) in [5, 5.41) is 19.2. The first-order valence-corrected chi connectivity index (χ1v) is 4.88. The summed E-state index contributed by atoms with van der Waals surface area (Å²) in [6.07, 6.45) is 0.553. The van der Waals surface area contributed by atoms with Gasteiger partial charge in [0.25, 0.3) is 0 Å². The monoisotopic (exact) mass is 186 g/mol. The highest BCUT2D eigenvalue weighted by molar-refractivity contribution is 7.11. The standard InChI is InChI=1S/C8H14N2OS/c1-5(6(2)11)4-8-10-9-7(3)12-8/h5-6,11H,4H2,1-3H3. The summed E-state index contributed by atoms with van der Waals surface area (Å²) in [4.78, 5) is 0. The Hall–Kier alpha value is -0.480. The molecule has 0 fully saturated rings. The fourth-order valence-electron chi connectivity index (χ4n) is 0.866. The summed E-state index contributed by atoms with van der Waals surface area (Å²) in [5.41, 5.74) is 0. The summed E-state index contributed by atoms with van der Waals surface area (Å²) < 4.78 is 0. The lowest BCUT2D eigenvalue weighted by atomic mass is 10.0. The van der Waals surface area contributed by atoms with Crippen LogP contribution in [0.2, 0.25) is 0 Å². The normalized spacial score (nSPS) is 16.0. The summed E-state index contributed by atoms with van der Waals surface area (Å²) in [5.74, 6) is 0.261. The number of hydrogen-bond acceptors (Lipinski definition) is 4. The van der Waals surface area contributed by atoms with E-state index in [1.807, 2.05) is 13.8 Å². The lowest BCUT2D eigenvalue weighted by Crippen LogP contribution is -2.15. The van der Waals surface area contributed by atoms with Crippen LogP contribution in [0.5, 0.6) is 0 Å². The van der Waals surface area contributed by atoms with E-state index < -0.39 is 0 Å². The van der Waals surface area contributed by atoms with Crippen molar-refractivity contribution in [2.75, 3.05) is 0 Å². The summed E-state index contributed by atoms with van der Waals surface area (Å²) >= 11 is 1.60. The molecule has 0 bridgehead atoms. The van der Waals surface area contributed by atoms with Gasteiger partial charge in [-0.2, -0.15) is 0 Å². The van der Waals surface area contributed by atoms with Gasteiger partial charge in [-0.05, 0) is 19.8 Å². The van der Waals surface area contributed by atoms with Gasteiger partial charge in [0.15, 0.2) is 0 Å². The maximum Gasteiger partial charge on any atom is 0.117 e. The maximum atomic E-state index is 9.25. The average Bonchev–Trinajstić information content (AvgIpc) is 2.35. The molecule has 12 heavy (non-hydrogen) atoms. The first kappa shape index (κ1) is 9.61. The van der Waals surface area contributed by atoms with E-state index in [0.717, 1.165) is 16.4 Å². The Bertz CT molecular complexity index is 247. The highest BCUT2D eigenvalue weighted by Crippen LogP contribution is 2.15. The number of aromatic nitrogens is 2. The summed E-state index contributed by atoms with van der Waals surface area (Å²) in [6.45, 7) is 5.76. The topological polar surface area (TPSA) is 46.0 Å². The van der Waals surface area contributed by atoms with Gasteiger partial charge in [-0.3, -0.25) is 0 Å². The van der Waals surface area contributed by atoms with Crippen LogP contribution in [-0.4, -0.2) is 21.4 Å². The van der Waals surface area contributed by atoms with Gasteiger partial charge >= 0.3 is 0 Å². The predicted octanol–water partition coefficient (Wildman–Crippen LogP) is 1.41. The molecule has 0 aromatic carbocycles. The zero-order chi connectivity index (χ0) is 9.14. The molecule has 1 aromatic heterocycles. The smallest absolute Gasteiger partial charge is 0.117 e. The molecule has 1 aromatic rings. The third-order valence-corrected chi connectivity index (χ3v) is 2.75. The van der Waals surface area contributed by atoms with Gasteiger partial charge in [-0.25, -0.2) is 0 Å². The number of aliphatic hydroxyl groups excluding tert-OH is 1. The lowest BCUT2D eigenvalue weighted by Gasteiger charge is -2.11. The second kappa shape index (κ2) is 3.96. The minimum absolute atomic E-state index is 0.261. The minimum atomic E-state index is -0.269. The van der Waals surface area contributed by atoms with Crippen LogP contribution in [-0.2, 0) is 6.42 Å². The zero-order valence-electron chi connectivity index (χ0n) is 7.61. The summed E-state index contributed by atoms with van der Waals surface area (Å²) in [7, 11) is 0. The molecule has 0 aliphatic rings. The Kier molecular flexibility index (Phi) is 3.17.